The molecule has 1 heterocycles. The zero-order valence-corrected chi connectivity index (χ0v) is 6.56. The number of aliphatic carboxylic acids is 1. The molecule has 0 fully saturated rings. The Hall–Kier alpha value is -1.49. The van der Waals surface area contributed by atoms with Gasteiger partial charge in [-0.15, -0.1) is 0 Å². The van der Waals surface area contributed by atoms with Gasteiger partial charge in [-0.2, -0.15) is 0 Å². The van der Waals surface area contributed by atoms with E-state index in [0.29, 0.717) is 0 Å². The molecule has 1 aromatic heterocycles. The lowest BCUT2D eigenvalue weighted by Gasteiger charge is -2.03. The van der Waals surface area contributed by atoms with Crippen LogP contribution in [0.4, 0.5) is 0 Å². The van der Waals surface area contributed by atoms with Gasteiger partial charge >= 0.3 is 5.97 Å². The highest BCUT2D eigenvalue weighted by Crippen LogP contribution is 2.03. The number of aryl methyl sites for hydroxylation is 1. The summed E-state index contributed by atoms with van der Waals surface area (Å²) in [6, 6.07) is -1.13. The normalized spacial score (nSPS) is 12.5. The number of nitrogens with two attached hydrogens (primary N) is 1. The maximum atomic E-state index is 10.4. The van der Waals surface area contributed by atoms with E-state index in [1.807, 2.05) is 6.92 Å². The number of hydrogen-bond acceptors (Lipinski definition) is 4. The quantitative estimate of drug-likeness (QED) is 0.640. The fraction of sp³-hybridized carbons (Fsp3) is 0.286. The molecular formula is C7H9N3O2. The molecule has 0 aliphatic carbocycles. The first-order valence-electron chi connectivity index (χ1n) is 3.38. The van der Waals surface area contributed by atoms with Crippen LogP contribution in [0.3, 0.4) is 0 Å². The molecule has 1 rings (SSSR count). The van der Waals surface area contributed by atoms with Crippen LogP contribution in [0.15, 0.2) is 12.4 Å². The maximum absolute atomic E-state index is 10.4. The van der Waals surface area contributed by atoms with Crippen LogP contribution in [0, 0.1) is 6.92 Å². The molecule has 0 radical (unpaired) electrons. The molecule has 5 nitrogen and oxygen atoms in total. The van der Waals surface area contributed by atoms with Gasteiger partial charge in [0.15, 0.2) is 11.9 Å². The van der Waals surface area contributed by atoms with Crippen molar-refractivity contribution in [2.24, 2.45) is 5.73 Å². The Bertz CT molecular complexity index is 283. The summed E-state index contributed by atoms with van der Waals surface area (Å²) in [5.74, 6) is -0.994. The van der Waals surface area contributed by atoms with Gasteiger partial charge in [-0.1, -0.05) is 0 Å². The van der Waals surface area contributed by atoms with Crippen LogP contribution in [0.1, 0.15) is 17.4 Å². The van der Waals surface area contributed by atoms with Crippen LogP contribution >= 0.6 is 0 Å². The lowest BCUT2D eigenvalue weighted by molar-refractivity contribution is -0.138. The van der Waals surface area contributed by atoms with Gasteiger partial charge in [-0.3, -0.25) is 4.79 Å². The summed E-state index contributed by atoms with van der Waals surface area (Å²) >= 11 is 0. The van der Waals surface area contributed by atoms with Crippen LogP contribution in [-0.2, 0) is 4.79 Å². The molecule has 1 atom stereocenters. The summed E-state index contributed by atoms with van der Waals surface area (Å²) in [6.45, 7) is 1.82. The molecule has 0 saturated carbocycles. The Morgan fingerprint density at radius 1 is 1.58 bits per heavy atom. The standard InChI is InChI=1S/C7H9N3O2/c1-4-2-9-6(10-3-4)5(8)7(11)12/h2-3,5H,8H2,1H3,(H,11,12). The van der Waals surface area contributed by atoms with Crippen molar-refractivity contribution in [3.8, 4) is 0 Å². The van der Waals surface area contributed by atoms with E-state index in [4.69, 9.17) is 10.8 Å². The third-order valence-electron chi connectivity index (χ3n) is 1.35. The maximum Gasteiger partial charge on any atom is 0.328 e. The second-order valence-electron chi connectivity index (χ2n) is 2.43. The number of hydrogen-bond donors (Lipinski definition) is 2. The highest BCUT2D eigenvalue weighted by Gasteiger charge is 2.16. The topological polar surface area (TPSA) is 89.1 Å². The summed E-state index contributed by atoms with van der Waals surface area (Å²) in [7, 11) is 0. The van der Waals surface area contributed by atoms with Gasteiger partial charge < -0.3 is 10.8 Å². The summed E-state index contributed by atoms with van der Waals surface area (Å²) in [6.07, 6.45) is 3.07. The van der Waals surface area contributed by atoms with E-state index in [1.165, 1.54) is 12.4 Å². The molecule has 5 heteroatoms. The third-order valence-corrected chi connectivity index (χ3v) is 1.35. The van der Waals surface area contributed by atoms with Crippen molar-refractivity contribution >= 4 is 5.97 Å². The summed E-state index contributed by atoms with van der Waals surface area (Å²) in [5.41, 5.74) is 6.13. The molecule has 0 bridgehead atoms. The lowest BCUT2D eigenvalue weighted by Crippen LogP contribution is -2.22. The predicted molar refractivity (Wildman–Crippen MR) is 41.3 cm³/mol. The Kier molecular flexibility index (Phi) is 2.35. The summed E-state index contributed by atoms with van der Waals surface area (Å²) < 4.78 is 0. The minimum absolute atomic E-state index is 0.133. The van der Waals surface area contributed by atoms with Gasteiger partial charge in [0.1, 0.15) is 0 Å². The summed E-state index contributed by atoms with van der Waals surface area (Å²) in [4.78, 5) is 17.9. The van der Waals surface area contributed by atoms with Gasteiger partial charge in [0.25, 0.3) is 0 Å². The van der Waals surface area contributed by atoms with Crippen molar-refractivity contribution in [1.29, 1.82) is 0 Å². The minimum atomic E-state index is -1.13. The fourth-order valence-electron chi connectivity index (χ4n) is 0.674. The van der Waals surface area contributed by atoms with Crippen molar-refractivity contribution in [3.05, 3.63) is 23.8 Å². The molecule has 0 amide bonds. The molecule has 0 aromatic carbocycles. The van der Waals surface area contributed by atoms with Crippen LogP contribution in [-0.4, -0.2) is 21.0 Å². The van der Waals surface area contributed by atoms with Gasteiger partial charge in [0.05, 0.1) is 0 Å². The van der Waals surface area contributed by atoms with Gasteiger partial charge in [0.2, 0.25) is 0 Å². The van der Waals surface area contributed by atoms with Crippen LogP contribution < -0.4 is 5.73 Å². The molecular weight excluding hydrogens is 158 g/mol. The highest BCUT2D eigenvalue weighted by molar-refractivity contribution is 5.73. The largest absolute Gasteiger partial charge is 0.480 e. The van der Waals surface area contributed by atoms with E-state index in [0.717, 1.165) is 5.56 Å². The molecule has 0 aliphatic rings. The third kappa shape index (κ3) is 1.76. The van der Waals surface area contributed by atoms with Crippen molar-refractivity contribution in [1.82, 2.24) is 9.97 Å². The number of carbonyl (C=O) groups is 1. The Labute approximate surface area is 69.3 Å². The predicted octanol–water partition coefficient (Wildman–Crippen LogP) is -0.131. The molecule has 0 spiro atoms. The molecule has 3 N–H and O–H groups in total. The Morgan fingerprint density at radius 2 is 2.08 bits per heavy atom. The van der Waals surface area contributed by atoms with E-state index < -0.39 is 12.0 Å². The van der Waals surface area contributed by atoms with Crippen molar-refractivity contribution in [3.63, 3.8) is 0 Å². The zero-order chi connectivity index (χ0) is 9.14. The average molecular weight is 167 g/mol. The Balaban J connectivity index is 2.89. The number of carboxylic acid groups (broad SMARTS) is 1. The van der Waals surface area contributed by atoms with Crippen molar-refractivity contribution < 1.29 is 9.90 Å². The van der Waals surface area contributed by atoms with E-state index in [1.54, 1.807) is 0 Å². The summed E-state index contributed by atoms with van der Waals surface area (Å²) in [5, 5.41) is 8.50. The average Bonchev–Trinajstić information content (AvgIpc) is 2.04. The van der Waals surface area contributed by atoms with Crippen LogP contribution in [0.2, 0.25) is 0 Å². The van der Waals surface area contributed by atoms with Crippen molar-refractivity contribution in [2.45, 2.75) is 13.0 Å². The lowest BCUT2D eigenvalue weighted by atomic mass is 10.3. The first-order valence-corrected chi connectivity index (χ1v) is 3.38. The minimum Gasteiger partial charge on any atom is -0.480 e. The van der Waals surface area contributed by atoms with Gasteiger partial charge in [-0.05, 0) is 12.5 Å². The first-order chi connectivity index (χ1) is 5.61. The SMILES string of the molecule is Cc1cnc(C(N)C(=O)O)nc1. The smallest absolute Gasteiger partial charge is 0.328 e. The first kappa shape index (κ1) is 8.61. The molecule has 12 heavy (non-hydrogen) atoms. The highest BCUT2D eigenvalue weighted by atomic mass is 16.4. The van der Waals surface area contributed by atoms with E-state index in [-0.39, 0.29) is 5.82 Å². The van der Waals surface area contributed by atoms with E-state index in [2.05, 4.69) is 9.97 Å². The number of nitrogens with zero attached hydrogens (tertiary/aromatic N) is 2. The van der Waals surface area contributed by atoms with Crippen molar-refractivity contribution in [2.75, 3.05) is 0 Å². The second kappa shape index (κ2) is 3.27. The molecule has 64 valence electrons. The zero-order valence-electron chi connectivity index (χ0n) is 6.56. The number of carboxylic acids is 1. The van der Waals surface area contributed by atoms with Gasteiger partial charge in [0, 0.05) is 12.4 Å². The van der Waals surface area contributed by atoms with Crippen LogP contribution in [0.5, 0.6) is 0 Å². The monoisotopic (exact) mass is 167 g/mol. The molecule has 1 unspecified atom stereocenters. The molecule has 1 aromatic rings. The fourth-order valence-corrected chi connectivity index (χ4v) is 0.674. The van der Waals surface area contributed by atoms with E-state index in [9.17, 15) is 4.79 Å². The molecule has 0 aliphatic heterocycles. The Morgan fingerprint density at radius 3 is 2.50 bits per heavy atom. The van der Waals surface area contributed by atoms with Gasteiger partial charge in [-0.25, -0.2) is 9.97 Å². The van der Waals surface area contributed by atoms with E-state index >= 15 is 0 Å². The number of aromatic nitrogens is 2. The molecule has 0 saturated heterocycles. The second-order valence-corrected chi connectivity index (χ2v) is 2.43. The van der Waals surface area contributed by atoms with Crippen LogP contribution in [0.25, 0.3) is 0 Å². The number of rotatable bonds is 2.